The zero-order chi connectivity index (χ0) is 24.8. The van der Waals surface area contributed by atoms with Crippen LogP contribution in [0.4, 0.5) is 4.79 Å². The van der Waals surface area contributed by atoms with Gasteiger partial charge in [0.1, 0.15) is 11.4 Å². The van der Waals surface area contributed by atoms with Gasteiger partial charge in [-0.15, -0.1) is 0 Å². The van der Waals surface area contributed by atoms with Gasteiger partial charge >= 0.3 is 6.09 Å². The summed E-state index contributed by atoms with van der Waals surface area (Å²) in [5.74, 6) is -0.339. The van der Waals surface area contributed by atoms with Crippen molar-refractivity contribution in [3.05, 3.63) is 68.2 Å². The minimum atomic E-state index is -0.687. The Labute approximate surface area is 206 Å². The van der Waals surface area contributed by atoms with E-state index in [1.54, 1.807) is 49.9 Å². The van der Waals surface area contributed by atoms with Gasteiger partial charge in [-0.25, -0.2) is 9.78 Å². The minimum absolute atomic E-state index is 0.143. The third-order valence-electron chi connectivity index (χ3n) is 5.52. The molecular weight excluding hydrogens is 479 g/mol. The molecule has 1 atom stereocenters. The number of aromatic nitrogens is 2. The number of benzene rings is 2. The second kappa shape index (κ2) is 8.92. The molecule has 0 bridgehead atoms. The third-order valence-corrected chi connectivity index (χ3v) is 6.14. The molecule has 2 N–H and O–H groups in total. The first-order valence-electron chi connectivity index (χ1n) is 10.8. The summed E-state index contributed by atoms with van der Waals surface area (Å²) in [6, 6.07) is 8.89. The van der Waals surface area contributed by atoms with E-state index in [0.717, 1.165) is 0 Å². The molecule has 0 spiro atoms. The van der Waals surface area contributed by atoms with Crippen LogP contribution in [0.25, 0.3) is 16.6 Å². The van der Waals surface area contributed by atoms with Crippen molar-refractivity contribution < 1.29 is 14.3 Å². The maximum absolute atomic E-state index is 13.8. The largest absolute Gasteiger partial charge is 0.444 e. The van der Waals surface area contributed by atoms with Crippen molar-refractivity contribution in [2.45, 2.75) is 45.3 Å². The van der Waals surface area contributed by atoms with Gasteiger partial charge in [-0.1, -0.05) is 29.3 Å². The Bertz CT molecular complexity index is 1360. The number of fused-ring (bicyclic) bond motifs is 1. The number of halogens is 2. The summed E-state index contributed by atoms with van der Waals surface area (Å²) in [5.41, 5.74) is 5.15. The summed E-state index contributed by atoms with van der Waals surface area (Å²) < 4.78 is 6.96. The van der Waals surface area contributed by atoms with Crippen LogP contribution in [0.2, 0.25) is 10.0 Å². The Morgan fingerprint density at radius 3 is 2.53 bits per heavy atom. The van der Waals surface area contributed by atoms with Crippen LogP contribution in [-0.2, 0) is 4.74 Å². The number of ether oxygens (including phenoxy) is 1. The minimum Gasteiger partial charge on any atom is -0.444 e. The summed E-state index contributed by atoms with van der Waals surface area (Å²) in [7, 11) is 0. The van der Waals surface area contributed by atoms with Crippen LogP contribution in [0.15, 0.2) is 41.2 Å². The fourth-order valence-corrected chi connectivity index (χ4v) is 4.51. The monoisotopic (exact) mass is 502 g/mol. The van der Waals surface area contributed by atoms with Crippen LogP contribution < -0.4 is 11.3 Å². The molecule has 1 fully saturated rings. The van der Waals surface area contributed by atoms with Crippen LogP contribution >= 0.6 is 23.2 Å². The average molecular weight is 503 g/mol. The highest BCUT2D eigenvalue weighted by atomic mass is 35.5. The molecule has 8 nitrogen and oxygen atoms in total. The maximum Gasteiger partial charge on any atom is 0.410 e. The second-order valence-corrected chi connectivity index (χ2v) is 9.92. The molecule has 0 aliphatic carbocycles. The molecule has 0 radical (unpaired) electrons. The highest BCUT2D eigenvalue weighted by Gasteiger charge is 2.36. The van der Waals surface area contributed by atoms with Crippen LogP contribution in [0, 0.1) is 0 Å². The first-order chi connectivity index (χ1) is 16.0. The zero-order valence-electron chi connectivity index (χ0n) is 19.0. The standard InChI is InChI=1S/C24H24Cl2N4O4/c1-24(2,3)34-23(33)29-11-5-8-17(29)21-28-19-16(26)10-9-15(25)18(19)22(32)30(21)14-7-4-6-13(12-14)20(27)31/h4,6-7,9-10,12,17H,5,8,11H2,1-3H3,(H2,27,31). The van der Waals surface area contributed by atoms with Gasteiger partial charge in [0, 0.05) is 12.1 Å². The van der Waals surface area contributed by atoms with E-state index in [4.69, 9.17) is 38.7 Å². The summed E-state index contributed by atoms with van der Waals surface area (Å²) in [5, 5.41) is 0.598. The fourth-order valence-electron chi connectivity index (χ4n) is 4.08. The predicted octanol–water partition coefficient (Wildman–Crippen LogP) is 4.86. The molecule has 1 unspecified atom stereocenters. The lowest BCUT2D eigenvalue weighted by molar-refractivity contribution is 0.0216. The van der Waals surface area contributed by atoms with Crippen LogP contribution in [0.1, 0.15) is 55.8 Å². The van der Waals surface area contributed by atoms with Crippen molar-refractivity contribution in [2.24, 2.45) is 5.73 Å². The summed E-state index contributed by atoms with van der Waals surface area (Å²) in [6.07, 6.45) is 0.756. The zero-order valence-corrected chi connectivity index (χ0v) is 20.5. The van der Waals surface area contributed by atoms with Gasteiger partial charge < -0.3 is 10.5 Å². The topological polar surface area (TPSA) is 108 Å². The molecule has 1 aliphatic rings. The SMILES string of the molecule is CC(C)(C)OC(=O)N1CCCC1c1nc2c(Cl)ccc(Cl)c2c(=O)n1-c1cccc(C(N)=O)c1. The summed E-state index contributed by atoms with van der Waals surface area (Å²) in [6.45, 7) is 5.81. The molecule has 1 aromatic heterocycles. The quantitative estimate of drug-likeness (QED) is 0.549. The summed E-state index contributed by atoms with van der Waals surface area (Å²) >= 11 is 12.8. The lowest BCUT2D eigenvalue weighted by atomic mass is 10.1. The predicted molar refractivity (Wildman–Crippen MR) is 131 cm³/mol. The number of nitrogens with zero attached hydrogens (tertiary/aromatic N) is 3. The molecule has 34 heavy (non-hydrogen) atoms. The van der Waals surface area contributed by atoms with Gasteiger partial charge in [0.15, 0.2) is 0 Å². The van der Waals surface area contributed by atoms with Crippen molar-refractivity contribution in [1.29, 1.82) is 0 Å². The van der Waals surface area contributed by atoms with E-state index in [9.17, 15) is 14.4 Å². The van der Waals surface area contributed by atoms with Crippen molar-refractivity contribution in [1.82, 2.24) is 14.5 Å². The number of carbonyl (C=O) groups is 2. The van der Waals surface area contributed by atoms with Crippen LogP contribution in [0.3, 0.4) is 0 Å². The van der Waals surface area contributed by atoms with E-state index in [2.05, 4.69) is 0 Å². The number of carbonyl (C=O) groups excluding carboxylic acids is 2. The molecule has 178 valence electrons. The maximum atomic E-state index is 13.8. The van der Waals surface area contributed by atoms with E-state index in [1.807, 2.05) is 0 Å². The second-order valence-electron chi connectivity index (χ2n) is 9.11. The molecule has 2 aromatic carbocycles. The highest BCUT2D eigenvalue weighted by molar-refractivity contribution is 6.39. The molecule has 2 heterocycles. The smallest absolute Gasteiger partial charge is 0.410 e. The number of rotatable bonds is 3. The molecule has 1 saturated heterocycles. The molecular formula is C24H24Cl2N4O4. The van der Waals surface area contributed by atoms with Crippen LogP contribution in [-0.4, -0.2) is 38.6 Å². The fraction of sp³-hybridized carbons (Fsp3) is 0.333. The van der Waals surface area contributed by atoms with Gasteiger partial charge in [-0.05, 0) is 63.9 Å². The number of primary amides is 1. The number of hydrogen-bond acceptors (Lipinski definition) is 5. The Morgan fingerprint density at radius 1 is 1.15 bits per heavy atom. The van der Waals surface area contributed by atoms with Crippen molar-refractivity contribution in [3.63, 3.8) is 0 Å². The van der Waals surface area contributed by atoms with Gasteiger partial charge in [-0.3, -0.25) is 19.1 Å². The Kier molecular flexibility index (Phi) is 6.31. The van der Waals surface area contributed by atoms with Crippen molar-refractivity contribution in [3.8, 4) is 5.69 Å². The number of nitrogens with two attached hydrogens (primary N) is 1. The van der Waals surface area contributed by atoms with E-state index in [1.165, 1.54) is 16.7 Å². The lowest BCUT2D eigenvalue weighted by Crippen LogP contribution is -2.38. The van der Waals surface area contributed by atoms with E-state index < -0.39 is 29.2 Å². The van der Waals surface area contributed by atoms with E-state index >= 15 is 0 Å². The first-order valence-corrected chi connectivity index (χ1v) is 11.5. The van der Waals surface area contributed by atoms with Gasteiger partial charge in [0.05, 0.1) is 32.7 Å². The molecule has 10 heteroatoms. The Balaban J connectivity index is 1.99. The van der Waals surface area contributed by atoms with Crippen molar-refractivity contribution >= 4 is 46.1 Å². The lowest BCUT2D eigenvalue weighted by Gasteiger charge is -2.29. The normalized spacial score (nSPS) is 16.1. The molecule has 4 rings (SSSR count). The van der Waals surface area contributed by atoms with E-state index in [0.29, 0.717) is 30.9 Å². The number of amides is 2. The average Bonchev–Trinajstić information content (AvgIpc) is 3.25. The summed E-state index contributed by atoms with van der Waals surface area (Å²) in [4.78, 5) is 44.9. The first kappa shape index (κ1) is 24.0. The molecule has 3 aromatic rings. The van der Waals surface area contributed by atoms with E-state index in [-0.39, 0.29) is 26.5 Å². The molecule has 1 aliphatic heterocycles. The Morgan fingerprint density at radius 2 is 1.85 bits per heavy atom. The number of likely N-dealkylation sites (tertiary alicyclic amines) is 1. The highest BCUT2D eigenvalue weighted by Crippen LogP contribution is 2.35. The third kappa shape index (κ3) is 4.48. The Hall–Kier alpha value is -3.10. The van der Waals surface area contributed by atoms with Crippen LogP contribution in [0.5, 0.6) is 0 Å². The molecule has 2 amide bonds. The number of hydrogen-bond donors (Lipinski definition) is 1. The van der Waals surface area contributed by atoms with Gasteiger partial charge in [-0.2, -0.15) is 0 Å². The van der Waals surface area contributed by atoms with Gasteiger partial charge in [0.25, 0.3) is 5.56 Å². The van der Waals surface area contributed by atoms with Gasteiger partial charge in [0.2, 0.25) is 5.91 Å². The van der Waals surface area contributed by atoms with Crippen molar-refractivity contribution in [2.75, 3.05) is 6.54 Å². The molecule has 0 saturated carbocycles.